The Morgan fingerprint density at radius 3 is 2.47 bits per heavy atom. The number of nitrogens with zero attached hydrogens (tertiary/aromatic N) is 1. The van der Waals surface area contributed by atoms with Gasteiger partial charge in [0, 0.05) is 18.6 Å². The Kier molecular flexibility index (Phi) is 2.03. The lowest BCUT2D eigenvalue weighted by molar-refractivity contribution is 0.591. The van der Waals surface area contributed by atoms with Crippen LogP contribution < -0.4 is 5.73 Å². The molecular formula is C13H18N2. The Labute approximate surface area is 90.7 Å². The minimum Gasteiger partial charge on any atom is -0.397 e. The third-order valence-corrected chi connectivity index (χ3v) is 2.89. The molecule has 2 nitrogen and oxygen atoms in total. The van der Waals surface area contributed by atoms with Gasteiger partial charge >= 0.3 is 0 Å². The minimum atomic E-state index is 0.188. The molecule has 15 heavy (non-hydrogen) atoms. The number of anilines is 1. The molecule has 2 rings (SSSR count). The molecule has 2 heteroatoms. The molecule has 0 amide bonds. The van der Waals surface area contributed by atoms with Gasteiger partial charge in [0.1, 0.15) is 0 Å². The van der Waals surface area contributed by atoms with Crippen LogP contribution in [0.25, 0.3) is 10.9 Å². The first-order valence-electron chi connectivity index (χ1n) is 5.24. The molecule has 0 radical (unpaired) electrons. The monoisotopic (exact) mass is 202 g/mol. The standard InChI is InChI=1S/C13H18N2/c1-13(2,3)9-5-6-10-11(14)8-15(4)12(10)7-9/h5-8H,14H2,1-4H3. The van der Waals surface area contributed by atoms with Crippen LogP contribution in [0.15, 0.2) is 24.4 Å². The van der Waals surface area contributed by atoms with Crippen molar-refractivity contribution < 1.29 is 0 Å². The first kappa shape index (κ1) is 10.1. The van der Waals surface area contributed by atoms with Crippen LogP contribution in [0.2, 0.25) is 0 Å². The fraction of sp³-hybridized carbons (Fsp3) is 0.385. The number of aromatic nitrogens is 1. The van der Waals surface area contributed by atoms with Crippen LogP contribution in [0.3, 0.4) is 0 Å². The van der Waals surface area contributed by atoms with Crippen molar-refractivity contribution in [1.29, 1.82) is 0 Å². The van der Waals surface area contributed by atoms with Gasteiger partial charge in [0.05, 0.1) is 11.2 Å². The van der Waals surface area contributed by atoms with Crippen LogP contribution in [0.5, 0.6) is 0 Å². The van der Waals surface area contributed by atoms with Gasteiger partial charge in [-0.05, 0) is 17.0 Å². The van der Waals surface area contributed by atoms with E-state index in [0.717, 1.165) is 11.1 Å². The van der Waals surface area contributed by atoms with Crippen molar-refractivity contribution >= 4 is 16.6 Å². The summed E-state index contributed by atoms with van der Waals surface area (Å²) in [5.74, 6) is 0. The van der Waals surface area contributed by atoms with Crippen LogP contribution in [-0.2, 0) is 12.5 Å². The molecule has 0 unspecified atom stereocenters. The molecule has 1 heterocycles. The fourth-order valence-electron chi connectivity index (χ4n) is 1.88. The molecule has 0 bridgehead atoms. The highest BCUT2D eigenvalue weighted by atomic mass is 14.9. The second-order valence-corrected chi connectivity index (χ2v) is 5.18. The third-order valence-electron chi connectivity index (χ3n) is 2.89. The SMILES string of the molecule is Cn1cc(N)c2ccc(C(C)(C)C)cc21. The summed E-state index contributed by atoms with van der Waals surface area (Å²) in [5, 5.41) is 1.14. The van der Waals surface area contributed by atoms with Gasteiger partial charge in [-0.3, -0.25) is 0 Å². The molecular weight excluding hydrogens is 184 g/mol. The first-order valence-corrected chi connectivity index (χ1v) is 5.24. The van der Waals surface area contributed by atoms with E-state index >= 15 is 0 Å². The van der Waals surface area contributed by atoms with Crippen LogP contribution in [0.4, 0.5) is 5.69 Å². The number of hydrogen-bond donors (Lipinski definition) is 1. The largest absolute Gasteiger partial charge is 0.397 e. The molecule has 0 spiro atoms. The van der Waals surface area contributed by atoms with E-state index in [1.165, 1.54) is 11.1 Å². The normalized spacial score (nSPS) is 12.3. The predicted octanol–water partition coefficient (Wildman–Crippen LogP) is 3.06. The van der Waals surface area contributed by atoms with Gasteiger partial charge in [0.2, 0.25) is 0 Å². The van der Waals surface area contributed by atoms with E-state index in [9.17, 15) is 0 Å². The average molecular weight is 202 g/mol. The van der Waals surface area contributed by atoms with Gasteiger partial charge in [0.15, 0.2) is 0 Å². The number of nitrogens with two attached hydrogens (primary N) is 1. The molecule has 0 aliphatic rings. The van der Waals surface area contributed by atoms with Crippen molar-refractivity contribution in [1.82, 2.24) is 4.57 Å². The van der Waals surface area contributed by atoms with Crippen molar-refractivity contribution in [3.8, 4) is 0 Å². The summed E-state index contributed by atoms with van der Waals surface area (Å²) in [6.45, 7) is 6.67. The Hall–Kier alpha value is -1.44. The number of fused-ring (bicyclic) bond motifs is 1. The molecule has 0 saturated carbocycles. The minimum absolute atomic E-state index is 0.188. The number of nitrogen functional groups attached to an aromatic ring is 1. The van der Waals surface area contributed by atoms with Gasteiger partial charge in [-0.1, -0.05) is 32.9 Å². The van der Waals surface area contributed by atoms with Crippen LogP contribution in [0.1, 0.15) is 26.3 Å². The van der Waals surface area contributed by atoms with Crippen molar-refractivity contribution in [2.24, 2.45) is 7.05 Å². The summed E-state index contributed by atoms with van der Waals surface area (Å²) in [6, 6.07) is 6.51. The Morgan fingerprint density at radius 1 is 1.20 bits per heavy atom. The van der Waals surface area contributed by atoms with Gasteiger partial charge in [-0.2, -0.15) is 0 Å². The molecule has 0 saturated heterocycles. The smallest absolute Gasteiger partial charge is 0.0573 e. The summed E-state index contributed by atoms with van der Waals surface area (Å²) in [6.07, 6.45) is 1.97. The topological polar surface area (TPSA) is 30.9 Å². The molecule has 2 aromatic rings. The van der Waals surface area contributed by atoms with Crippen molar-refractivity contribution in [2.45, 2.75) is 26.2 Å². The molecule has 0 atom stereocenters. The zero-order chi connectivity index (χ0) is 11.2. The molecule has 0 aliphatic carbocycles. The van der Waals surface area contributed by atoms with E-state index in [2.05, 4.69) is 43.5 Å². The van der Waals surface area contributed by atoms with E-state index in [4.69, 9.17) is 5.73 Å². The maximum absolute atomic E-state index is 5.92. The fourth-order valence-corrected chi connectivity index (χ4v) is 1.88. The van der Waals surface area contributed by atoms with E-state index in [0.29, 0.717) is 0 Å². The Bertz CT molecular complexity index is 501. The van der Waals surface area contributed by atoms with Crippen LogP contribution >= 0.6 is 0 Å². The highest BCUT2D eigenvalue weighted by Gasteiger charge is 2.15. The summed E-state index contributed by atoms with van der Waals surface area (Å²) >= 11 is 0. The predicted molar refractivity (Wildman–Crippen MR) is 66.0 cm³/mol. The molecule has 2 N–H and O–H groups in total. The van der Waals surface area contributed by atoms with Gasteiger partial charge < -0.3 is 10.3 Å². The van der Waals surface area contributed by atoms with Crippen molar-refractivity contribution in [2.75, 3.05) is 5.73 Å². The summed E-state index contributed by atoms with van der Waals surface area (Å²) in [4.78, 5) is 0. The maximum atomic E-state index is 5.92. The molecule has 1 aromatic heterocycles. The van der Waals surface area contributed by atoms with Gasteiger partial charge in [0.25, 0.3) is 0 Å². The zero-order valence-corrected chi connectivity index (χ0v) is 9.83. The summed E-state index contributed by atoms with van der Waals surface area (Å²) in [5.41, 5.74) is 9.51. The van der Waals surface area contributed by atoms with E-state index in [1.807, 2.05) is 13.2 Å². The third kappa shape index (κ3) is 1.60. The second-order valence-electron chi connectivity index (χ2n) is 5.18. The van der Waals surface area contributed by atoms with Crippen molar-refractivity contribution in [3.63, 3.8) is 0 Å². The number of benzene rings is 1. The van der Waals surface area contributed by atoms with E-state index in [1.54, 1.807) is 0 Å². The Morgan fingerprint density at radius 2 is 1.87 bits per heavy atom. The Balaban J connectivity index is 2.71. The highest BCUT2D eigenvalue weighted by molar-refractivity contribution is 5.92. The summed E-state index contributed by atoms with van der Waals surface area (Å²) in [7, 11) is 2.03. The van der Waals surface area contributed by atoms with E-state index in [-0.39, 0.29) is 5.41 Å². The molecule has 0 fully saturated rings. The lowest BCUT2D eigenvalue weighted by atomic mass is 9.87. The lowest BCUT2D eigenvalue weighted by Crippen LogP contribution is -2.10. The first-order chi connectivity index (χ1) is 6.89. The molecule has 0 aliphatic heterocycles. The quantitative estimate of drug-likeness (QED) is 0.699. The van der Waals surface area contributed by atoms with Crippen molar-refractivity contribution in [3.05, 3.63) is 30.0 Å². The second kappa shape index (κ2) is 3.02. The van der Waals surface area contributed by atoms with E-state index < -0.39 is 0 Å². The lowest BCUT2D eigenvalue weighted by Gasteiger charge is -2.19. The molecule has 1 aromatic carbocycles. The number of aryl methyl sites for hydroxylation is 1. The van der Waals surface area contributed by atoms with Gasteiger partial charge in [-0.25, -0.2) is 0 Å². The van der Waals surface area contributed by atoms with Gasteiger partial charge in [-0.15, -0.1) is 0 Å². The highest BCUT2D eigenvalue weighted by Crippen LogP contribution is 2.29. The zero-order valence-electron chi connectivity index (χ0n) is 9.83. The number of hydrogen-bond acceptors (Lipinski definition) is 1. The average Bonchev–Trinajstić information content (AvgIpc) is 2.41. The maximum Gasteiger partial charge on any atom is 0.0573 e. The number of rotatable bonds is 0. The summed E-state index contributed by atoms with van der Waals surface area (Å²) < 4.78 is 2.08. The van der Waals surface area contributed by atoms with Crippen LogP contribution in [-0.4, -0.2) is 4.57 Å². The molecule has 80 valence electrons. The van der Waals surface area contributed by atoms with Crippen LogP contribution in [0, 0.1) is 0 Å².